The van der Waals surface area contributed by atoms with E-state index in [-0.39, 0.29) is 6.61 Å². The van der Waals surface area contributed by atoms with Crippen LogP contribution in [0.2, 0.25) is 5.02 Å². The molecule has 0 amide bonds. The van der Waals surface area contributed by atoms with Gasteiger partial charge in [-0.1, -0.05) is 30.7 Å². The molecule has 0 aliphatic carbocycles. The molecule has 0 fully saturated rings. The number of benzene rings is 1. The van der Waals surface area contributed by atoms with Gasteiger partial charge < -0.3 is 15.2 Å². The van der Waals surface area contributed by atoms with Crippen molar-refractivity contribution in [2.75, 3.05) is 19.8 Å². The maximum atomic E-state index is 8.73. The Labute approximate surface area is 108 Å². The Bertz CT molecular complexity index is 331. The Kier molecular flexibility index (Phi) is 7.01. The van der Waals surface area contributed by atoms with Crippen molar-refractivity contribution in [3.63, 3.8) is 0 Å². The first-order chi connectivity index (χ1) is 8.29. The molecule has 0 saturated carbocycles. The molecule has 1 aromatic carbocycles. The predicted molar refractivity (Wildman–Crippen MR) is 70.6 cm³/mol. The van der Waals surface area contributed by atoms with Gasteiger partial charge in [0.15, 0.2) is 0 Å². The van der Waals surface area contributed by atoms with Crippen LogP contribution in [0.5, 0.6) is 5.75 Å². The Morgan fingerprint density at radius 2 is 2.24 bits per heavy atom. The summed E-state index contributed by atoms with van der Waals surface area (Å²) in [6.45, 7) is 4.48. The maximum absolute atomic E-state index is 8.73. The van der Waals surface area contributed by atoms with E-state index in [9.17, 15) is 0 Å². The maximum Gasteiger partial charge on any atom is 0.142 e. The molecule has 0 unspecified atom stereocenters. The molecule has 0 saturated heterocycles. The highest BCUT2D eigenvalue weighted by Crippen LogP contribution is 2.28. The zero-order chi connectivity index (χ0) is 12.5. The van der Waals surface area contributed by atoms with Gasteiger partial charge in [0.2, 0.25) is 0 Å². The summed E-state index contributed by atoms with van der Waals surface area (Å²) in [7, 11) is 0. The third-order valence-corrected chi connectivity index (χ3v) is 2.64. The van der Waals surface area contributed by atoms with Crippen molar-refractivity contribution in [3.8, 4) is 5.75 Å². The smallest absolute Gasteiger partial charge is 0.142 e. The van der Waals surface area contributed by atoms with Gasteiger partial charge in [-0.25, -0.2) is 0 Å². The first-order valence-electron chi connectivity index (χ1n) is 6.01. The van der Waals surface area contributed by atoms with E-state index in [1.54, 1.807) is 0 Å². The molecule has 0 atom stereocenters. The fourth-order valence-electron chi connectivity index (χ4n) is 1.49. The molecule has 0 radical (unpaired) electrons. The lowest BCUT2D eigenvalue weighted by molar-refractivity contribution is 0.232. The molecule has 96 valence electrons. The minimum Gasteiger partial charge on any atom is -0.492 e. The zero-order valence-corrected chi connectivity index (χ0v) is 11.0. The second-order valence-electron chi connectivity index (χ2n) is 3.83. The number of halogens is 1. The first-order valence-corrected chi connectivity index (χ1v) is 6.39. The van der Waals surface area contributed by atoms with Gasteiger partial charge >= 0.3 is 0 Å². The summed E-state index contributed by atoms with van der Waals surface area (Å²) < 4.78 is 5.61. The average molecular weight is 258 g/mol. The molecule has 0 heterocycles. The molecule has 4 heteroatoms. The van der Waals surface area contributed by atoms with Crippen molar-refractivity contribution >= 4 is 11.6 Å². The Morgan fingerprint density at radius 3 is 2.94 bits per heavy atom. The largest absolute Gasteiger partial charge is 0.492 e. The number of hydrogen-bond donors (Lipinski definition) is 2. The van der Waals surface area contributed by atoms with Gasteiger partial charge in [0, 0.05) is 25.1 Å². The molecule has 2 N–H and O–H groups in total. The third-order valence-electron chi connectivity index (χ3n) is 2.34. The van der Waals surface area contributed by atoms with Crippen LogP contribution in [0.4, 0.5) is 0 Å². The minimum atomic E-state index is 0.133. The Balaban J connectivity index is 2.63. The number of hydrogen-bond acceptors (Lipinski definition) is 3. The summed E-state index contributed by atoms with van der Waals surface area (Å²) in [6, 6.07) is 5.74. The quantitative estimate of drug-likeness (QED) is 0.704. The van der Waals surface area contributed by atoms with Crippen LogP contribution in [-0.2, 0) is 6.54 Å². The highest BCUT2D eigenvalue weighted by Gasteiger charge is 2.07. The van der Waals surface area contributed by atoms with Crippen molar-refractivity contribution in [1.29, 1.82) is 0 Å². The van der Waals surface area contributed by atoms with E-state index in [0.29, 0.717) is 18.1 Å². The number of nitrogens with one attached hydrogen (secondary N) is 1. The lowest BCUT2D eigenvalue weighted by atomic mass is 10.2. The summed E-state index contributed by atoms with van der Waals surface area (Å²) >= 11 is 6.11. The first kappa shape index (κ1) is 14.3. The van der Waals surface area contributed by atoms with Gasteiger partial charge in [-0.3, -0.25) is 0 Å². The second-order valence-corrected chi connectivity index (χ2v) is 4.24. The van der Waals surface area contributed by atoms with Gasteiger partial charge in [0.05, 0.1) is 11.6 Å². The number of ether oxygens (including phenoxy) is 1. The molecule has 0 bridgehead atoms. The van der Waals surface area contributed by atoms with Crippen LogP contribution in [-0.4, -0.2) is 24.9 Å². The van der Waals surface area contributed by atoms with E-state index < -0.39 is 0 Å². The number of rotatable bonds is 8. The van der Waals surface area contributed by atoms with E-state index in [4.69, 9.17) is 21.4 Å². The predicted octanol–water partition coefficient (Wildman–Crippen LogP) is 2.60. The molecule has 0 aliphatic heterocycles. The summed E-state index contributed by atoms with van der Waals surface area (Å²) in [5.74, 6) is 0.728. The molecule has 3 nitrogen and oxygen atoms in total. The molecule has 1 rings (SSSR count). The SMILES string of the molecule is CCCNCc1cccc(Cl)c1OCCCO. The van der Waals surface area contributed by atoms with Crippen LogP contribution >= 0.6 is 11.6 Å². The van der Waals surface area contributed by atoms with Crippen molar-refractivity contribution in [2.24, 2.45) is 0 Å². The van der Waals surface area contributed by atoms with E-state index in [0.717, 1.165) is 30.8 Å². The van der Waals surface area contributed by atoms with Crippen molar-refractivity contribution < 1.29 is 9.84 Å². The summed E-state index contributed by atoms with van der Waals surface area (Å²) in [4.78, 5) is 0. The van der Waals surface area contributed by atoms with Crippen LogP contribution in [0, 0.1) is 0 Å². The second kappa shape index (κ2) is 8.34. The monoisotopic (exact) mass is 257 g/mol. The van der Waals surface area contributed by atoms with E-state index in [1.807, 2.05) is 18.2 Å². The van der Waals surface area contributed by atoms with Crippen molar-refractivity contribution in [2.45, 2.75) is 26.3 Å². The fourth-order valence-corrected chi connectivity index (χ4v) is 1.74. The van der Waals surface area contributed by atoms with Crippen LogP contribution < -0.4 is 10.1 Å². The lowest BCUT2D eigenvalue weighted by Crippen LogP contribution is -2.15. The van der Waals surface area contributed by atoms with Gasteiger partial charge in [-0.15, -0.1) is 0 Å². The summed E-state index contributed by atoms with van der Waals surface area (Å²) in [5.41, 5.74) is 1.06. The summed E-state index contributed by atoms with van der Waals surface area (Å²) in [5, 5.41) is 12.7. The highest BCUT2D eigenvalue weighted by molar-refractivity contribution is 6.32. The van der Waals surface area contributed by atoms with Crippen LogP contribution in [0.3, 0.4) is 0 Å². The van der Waals surface area contributed by atoms with Gasteiger partial charge in [0.25, 0.3) is 0 Å². The van der Waals surface area contributed by atoms with E-state index >= 15 is 0 Å². The number of para-hydroxylation sites is 1. The molecular formula is C13H20ClNO2. The van der Waals surface area contributed by atoms with Crippen molar-refractivity contribution in [3.05, 3.63) is 28.8 Å². The highest BCUT2D eigenvalue weighted by atomic mass is 35.5. The standard InChI is InChI=1S/C13H20ClNO2/c1-2-7-15-10-11-5-3-6-12(14)13(11)17-9-4-8-16/h3,5-6,15-16H,2,4,7-10H2,1H3. The average Bonchev–Trinajstić information content (AvgIpc) is 2.33. The van der Waals surface area contributed by atoms with Crippen LogP contribution in [0.1, 0.15) is 25.3 Å². The summed E-state index contributed by atoms with van der Waals surface area (Å²) in [6.07, 6.45) is 1.72. The molecular weight excluding hydrogens is 238 g/mol. The Hall–Kier alpha value is -0.770. The molecule has 1 aromatic rings. The molecule has 0 spiro atoms. The minimum absolute atomic E-state index is 0.133. The van der Waals surface area contributed by atoms with E-state index in [2.05, 4.69) is 12.2 Å². The third kappa shape index (κ3) is 4.94. The number of aliphatic hydroxyl groups is 1. The zero-order valence-electron chi connectivity index (χ0n) is 10.2. The van der Waals surface area contributed by atoms with Crippen molar-refractivity contribution in [1.82, 2.24) is 5.32 Å². The van der Waals surface area contributed by atoms with Gasteiger partial charge in [-0.05, 0) is 19.0 Å². The van der Waals surface area contributed by atoms with Gasteiger partial charge in [-0.2, -0.15) is 0 Å². The number of aliphatic hydroxyl groups excluding tert-OH is 1. The van der Waals surface area contributed by atoms with Gasteiger partial charge in [0.1, 0.15) is 5.75 Å². The fraction of sp³-hybridized carbons (Fsp3) is 0.538. The van der Waals surface area contributed by atoms with E-state index in [1.165, 1.54) is 0 Å². The Morgan fingerprint density at radius 1 is 1.41 bits per heavy atom. The lowest BCUT2D eigenvalue weighted by Gasteiger charge is -2.13. The molecule has 0 aromatic heterocycles. The van der Waals surface area contributed by atoms with Crippen LogP contribution in [0.25, 0.3) is 0 Å². The molecule has 0 aliphatic rings. The van der Waals surface area contributed by atoms with Crippen LogP contribution in [0.15, 0.2) is 18.2 Å². The molecule has 17 heavy (non-hydrogen) atoms. The normalized spacial score (nSPS) is 10.5. The topological polar surface area (TPSA) is 41.5 Å².